The number of benzene rings is 1. The van der Waals surface area contributed by atoms with Crippen LogP contribution < -0.4 is 5.32 Å². The highest BCUT2D eigenvalue weighted by atomic mass is 16.5. The Bertz CT molecular complexity index is 629. The summed E-state index contributed by atoms with van der Waals surface area (Å²) in [7, 11) is 1.71. The summed E-state index contributed by atoms with van der Waals surface area (Å²) >= 11 is 0. The van der Waals surface area contributed by atoms with Crippen LogP contribution in [-0.4, -0.2) is 25.2 Å². The zero-order valence-electron chi connectivity index (χ0n) is 12.4. The van der Waals surface area contributed by atoms with Crippen molar-refractivity contribution in [1.82, 2.24) is 4.98 Å². The molecule has 0 fully saturated rings. The molecular weight excluding hydrogens is 262 g/mol. The Morgan fingerprint density at radius 2 is 1.95 bits per heavy atom. The second-order valence-corrected chi connectivity index (χ2v) is 4.67. The lowest BCUT2D eigenvalue weighted by Crippen LogP contribution is -2.02. The molecule has 4 nitrogen and oxygen atoms in total. The van der Waals surface area contributed by atoms with Gasteiger partial charge in [-0.1, -0.05) is 24.3 Å². The van der Waals surface area contributed by atoms with Crippen molar-refractivity contribution in [2.24, 2.45) is 0 Å². The van der Waals surface area contributed by atoms with Crippen molar-refractivity contribution >= 4 is 5.82 Å². The van der Waals surface area contributed by atoms with E-state index in [-0.39, 0.29) is 0 Å². The highest BCUT2D eigenvalue weighted by molar-refractivity contribution is 5.65. The third kappa shape index (κ3) is 3.80. The van der Waals surface area contributed by atoms with E-state index in [9.17, 15) is 0 Å². The lowest BCUT2D eigenvalue weighted by molar-refractivity contribution is 0.202. The molecule has 1 aromatic heterocycles. The van der Waals surface area contributed by atoms with E-state index in [1.807, 2.05) is 13.0 Å². The van der Waals surface area contributed by atoms with Gasteiger partial charge in [-0.05, 0) is 31.0 Å². The van der Waals surface area contributed by atoms with Crippen molar-refractivity contribution in [2.45, 2.75) is 13.3 Å². The molecule has 1 N–H and O–H groups in total. The third-order valence-electron chi connectivity index (χ3n) is 3.20. The van der Waals surface area contributed by atoms with Gasteiger partial charge < -0.3 is 10.1 Å². The van der Waals surface area contributed by atoms with Gasteiger partial charge in [0.2, 0.25) is 0 Å². The third-order valence-corrected chi connectivity index (χ3v) is 3.20. The lowest BCUT2D eigenvalue weighted by Gasteiger charge is -2.08. The van der Waals surface area contributed by atoms with Gasteiger partial charge in [0, 0.05) is 19.2 Å². The first-order valence-electron chi connectivity index (χ1n) is 7.01. The van der Waals surface area contributed by atoms with Crippen LogP contribution in [-0.2, 0) is 11.2 Å². The van der Waals surface area contributed by atoms with Gasteiger partial charge in [0.05, 0.1) is 17.9 Å². The molecule has 0 aliphatic carbocycles. The lowest BCUT2D eigenvalue weighted by atomic mass is 10.1. The molecule has 21 heavy (non-hydrogen) atoms. The van der Waals surface area contributed by atoms with Crippen molar-refractivity contribution in [1.29, 1.82) is 5.26 Å². The van der Waals surface area contributed by atoms with Crippen molar-refractivity contribution in [3.05, 3.63) is 47.5 Å². The van der Waals surface area contributed by atoms with Crippen molar-refractivity contribution in [3.63, 3.8) is 0 Å². The predicted octanol–water partition coefficient (Wildman–Crippen LogP) is 3.24. The predicted molar refractivity (Wildman–Crippen MR) is 84.1 cm³/mol. The monoisotopic (exact) mass is 281 g/mol. The van der Waals surface area contributed by atoms with E-state index < -0.39 is 0 Å². The van der Waals surface area contributed by atoms with Crippen LogP contribution >= 0.6 is 0 Å². The van der Waals surface area contributed by atoms with E-state index in [4.69, 9.17) is 10.00 Å². The van der Waals surface area contributed by atoms with E-state index in [1.54, 1.807) is 13.2 Å². The molecule has 1 heterocycles. The Hall–Kier alpha value is -2.38. The van der Waals surface area contributed by atoms with E-state index in [1.165, 1.54) is 5.56 Å². The number of nitrogens with one attached hydrogen (secondary N) is 1. The van der Waals surface area contributed by atoms with Gasteiger partial charge in [0.15, 0.2) is 0 Å². The van der Waals surface area contributed by atoms with Gasteiger partial charge in [0.25, 0.3) is 0 Å². The Balaban J connectivity index is 2.25. The molecule has 0 saturated heterocycles. The summed E-state index contributed by atoms with van der Waals surface area (Å²) in [5, 5.41) is 12.2. The standard InChI is InChI=1S/C17H19N3O/c1-3-19-17-15(12-18)8-9-16(20-17)14-6-4-13(5-7-14)10-11-21-2/h4-9H,3,10-11H2,1-2H3,(H,19,20). The molecule has 0 aliphatic heterocycles. The first kappa shape index (κ1) is 15.0. The van der Waals surface area contributed by atoms with E-state index in [2.05, 4.69) is 40.6 Å². The van der Waals surface area contributed by atoms with Crippen LogP contribution in [0, 0.1) is 11.3 Å². The van der Waals surface area contributed by atoms with Crippen LogP contribution in [0.3, 0.4) is 0 Å². The molecule has 0 bridgehead atoms. The quantitative estimate of drug-likeness (QED) is 0.883. The fourth-order valence-corrected chi connectivity index (χ4v) is 2.07. The molecule has 0 spiro atoms. The maximum absolute atomic E-state index is 9.08. The smallest absolute Gasteiger partial charge is 0.144 e. The molecule has 0 unspecified atom stereocenters. The highest BCUT2D eigenvalue weighted by Gasteiger charge is 2.06. The fourth-order valence-electron chi connectivity index (χ4n) is 2.07. The fraction of sp³-hybridized carbons (Fsp3) is 0.294. The van der Waals surface area contributed by atoms with Crippen LogP contribution in [0.1, 0.15) is 18.1 Å². The Kier molecular flexibility index (Phi) is 5.30. The molecule has 0 saturated carbocycles. The Labute approximate surface area is 125 Å². The second kappa shape index (κ2) is 7.41. The number of ether oxygens (including phenoxy) is 1. The van der Waals surface area contributed by atoms with Gasteiger partial charge >= 0.3 is 0 Å². The number of nitrogens with zero attached hydrogens (tertiary/aromatic N) is 2. The first-order chi connectivity index (χ1) is 10.3. The molecule has 4 heteroatoms. The van der Waals surface area contributed by atoms with E-state index in [0.29, 0.717) is 11.4 Å². The van der Waals surface area contributed by atoms with Gasteiger partial charge in [-0.2, -0.15) is 5.26 Å². The number of aromatic nitrogens is 1. The molecule has 0 aliphatic rings. The number of hydrogen-bond acceptors (Lipinski definition) is 4. The zero-order valence-corrected chi connectivity index (χ0v) is 12.4. The Morgan fingerprint density at radius 1 is 1.19 bits per heavy atom. The van der Waals surface area contributed by atoms with Crippen LogP contribution in [0.2, 0.25) is 0 Å². The second-order valence-electron chi connectivity index (χ2n) is 4.67. The van der Waals surface area contributed by atoms with Crippen LogP contribution in [0.25, 0.3) is 11.3 Å². The number of methoxy groups -OCH3 is 1. The van der Waals surface area contributed by atoms with E-state index >= 15 is 0 Å². The average molecular weight is 281 g/mol. The SMILES string of the molecule is CCNc1nc(-c2ccc(CCOC)cc2)ccc1C#N. The minimum absolute atomic E-state index is 0.567. The molecule has 0 radical (unpaired) electrons. The molecule has 2 aromatic rings. The summed E-state index contributed by atoms with van der Waals surface area (Å²) in [6, 6.07) is 14.1. The Morgan fingerprint density at radius 3 is 2.57 bits per heavy atom. The summed E-state index contributed by atoms with van der Waals surface area (Å²) < 4.78 is 5.08. The zero-order chi connectivity index (χ0) is 15.1. The normalized spacial score (nSPS) is 10.1. The first-order valence-corrected chi connectivity index (χ1v) is 7.01. The highest BCUT2D eigenvalue weighted by Crippen LogP contribution is 2.22. The topological polar surface area (TPSA) is 57.9 Å². The summed E-state index contributed by atoms with van der Waals surface area (Å²) in [5.41, 5.74) is 3.71. The largest absolute Gasteiger partial charge is 0.384 e. The maximum Gasteiger partial charge on any atom is 0.144 e. The van der Waals surface area contributed by atoms with Gasteiger partial charge in [0.1, 0.15) is 11.9 Å². The minimum atomic E-state index is 0.567. The summed E-state index contributed by atoms with van der Waals surface area (Å²) in [4.78, 5) is 4.54. The average Bonchev–Trinajstić information content (AvgIpc) is 2.53. The van der Waals surface area contributed by atoms with E-state index in [0.717, 1.165) is 30.8 Å². The molecular formula is C17H19N3O. The van der Waals surface area contributed by atoms with Gasteiger partial charge in [-0.15, -0.1) is 0 Å². The van der Waals surface area contributed by atoms with Crippen LogP contribution in [0.15, 0.2) is 36.4 Å². The van der Waals surface area contributed by atoms with Gasteiger partial charge in [-0.25, -0.2) is 4.98 Å². The summed E-state index contributed by atoms with van der Waals surface area (Å²) in [6.45, 7) is 3.44. The van der Waals surface area contributed by atoms with Crippen molar-refractivity contribution in [2.75, 3.05) is 25.6 Å². The maximum atomic E-state index is 9.08. The number of nitriles is 1. The molecule has 2 rings (SSSR count). The van der Waals surface area contributed by atoms with Gasteiger partial charge in [-0.3, -0.25) is 0 Å². The van der Waals surface area contributed by atoms with Crippen LogP contribution in [0.4, 0.5) is 5.82 Å². The number of pyridine rings is 1. The summed E-state index contributed by atoms with van der Waals surface area (Å²) in [6.07, 6.45) is 0.903. The number of rotatable bonds is 6. The molecule has 1 aromatic carbocycles. The van der Waals surface area contributed by atoms with Crippen molar-refractivity contribution < 1.29 is 4.74 Å². The molecule has 0 amide bonds. The van der Waals surface area contributed by atoms with Crippen molar-refractivity contribution in [3.8, 4) is 17.3 Å². The minimum Gasteiger partial charge on any atom is -0.384 e. The number of anilines is 1. The summed E-state index contributed by atoms with van der Waals surface area (Å²) in [5.74, 6) is 0.640. The molecule has 108 valence electrons. The molecule has 0 atom stereocenters. The number of hydrogen-bond donors (Lipinski definition) is 1. The van der Waals surface area contributed by atoms with Crippen LogP contribution in [0.5, 0.6) is 0 Å².